The van der Waals surface area contributed by atoms with E-state index in [1.54, 1.807) is 18.2 Å². The average molecular weight is 308 g/mol. The van der Waals surface area contributed by atoms with Crippen molar-refractivity contribution in [3.05, 3.63) is 33.3 Å². The molecule has 0 heterocycles. The number of rotatable bonds is 4. The molecule has 1 rings (SSSR count). The van der Waals surface area contributed by atoms with Gasteiger partial charge in [0.25, 0.3) is 0 Å². The molecule has 0 aromatic heterocycles. The second-order valence-electron chi connectivity index (χ2n) is 3.30. The monoisotopic (exact) mass is 306 g/mol. The summed E-state index contributed by atoms with van der Waals surface area (Å²) in [5.41, 5.74) is 0.619. The SMILES string of the molecule is COC(=O)CCC(O)c1ccc(Br)cc1Cl. The van der Waals surface area contributed by atoms with Crippen LogP contribution in [0, 0.1) is 0 Å². The van der Waals surface area contributed by atoms with Gasteiger partial charge in [0.05, 0.1) is 13.2 Å². The summed E-state index contributed by atoms with van der Waals surface area (Å²) in [6, 6.07) is 5.23. The summed E-state index contributed by atoms with van der Waals surface area (Å²) in [5.74, 6) is -0.340. The maximum absolute atomic E-state index is 10.9. The third-order valence-electron chi connectivity index (χ3n) is 2.17. The zero-order valence-corrected chi connectivity index (χ0v) is 11.1. The fourth-order valence-corrected chi connectivity index (χ4v) is 2.08. The topological polar surface area (TPSA) is 46.5 Å². The number of benzene rings is 1. The van der Waals surface area contributed by atoms with Gasteiger partial charge in [0, 0.05) is 15.9 Å². The van der Waals surface area contributed by atoms with Crippen LogP contribution in [-0.2, 0) is 9.53 Å². The summed E-state index contributed by atoms with van der Waals surface area (Å²) < 4.78 is 5.34. The lowest BCUT2D eigenvalue weighted by molar-refractivity contribution is -0.141. The van der Waals surface area contributed by atoms with Gasteiger partial charge in [-0.1, -0.05) is 33.6 Å². The van der Waals surface area contributed by atoms with Crippen molar-refractivity contribution in [1.29, 1.82) is 0 Å². The molecule has 0 saturated carbocycles. The van der Waals surface area contributed by atoms with Gasteiger partial charge in [-0.05, 0) is 24.1 Å². The average Bonchev–Trinajstić information content (AvgIpc) is 2.25. The number of halogens is 2. The van der Waals surface area contributed by atoms with Crippen molar-refractivity contribution < 1.29 is 14.6 Å². The first-order chi connectivity index (χ1) is 7.54. The highest BCUT2D eigenvalue weighted by atomic mass is 79.9. The number of hydrogen-bond donors (Lipinski definition) is 1. The molecule has 1 atom stereocenters. The molecule has 5 heteroatoms. The van der Waals surface area contributed by atoms with Crippen LogP contribution in [0.1, 0.15) is 24.5 Å². The third-order valence-corrected chi connectivity index (χ3v) is 2.99. The molecule has 88 valence electrons. The zero-order chi connectivity index (χ0) is 12.1. The van der Waals surface area contributed by atoms with E-state index in [4.69, 9.17) is 11.6 Å². The third kappa shape index (κ3) is 3.77. The molecule has 1 unspecified atom stereocenters. The van der Waals surface area contributed by atoms with Crippen molar-refractivity contribution in [1.82, 2.24) is 0 Å². The van der Waals surface area contributed by atoms with Gasteiger partial charge in [-0.3, -0.25) is 4.79 Å². The van der Waals surface area contributed by atoms with E-state index >= 15 is 0 Å². The Kier molecular flexibility index (Phi) is 5.25. The van der Waals surface area contributed by atoms with Gasteiger partial charge in [-0.25, -0.2) is 0 Å². The quantitative estimate of drug-likeness (QED) is 0.870. The molecule has 0 bridgehead atoms. The van der Waals surface area contributed by atoms with E-state index in [9.17, 15) is 9.90 Å². The number of ether oxygens (including phenoxy) is 1. The Morgan fingerprint density at radius 1 is 1.62 bits per heavy atom. The zero-order valence-electron chi connectivity index (χ0n) is 8.74. The first-order valence-corrected chi connectivity index (χ1v) is 5.91. The molecule has 0 aliphatic rings. The molecule has 0 saturated heterocycles. The van der Waals surface area contributed by atoms with Crippen molar-refractivity contribution >= 4 is 33.5 Å². The molecule has 16 heavy (non-hydrogen) atoms. The minimum atomic E-state index is -0.750. The van der Waals surface area contributed by atoms with Gasteiger partial charge < -0.3 is 9.84 Å². The minimum absolute atomic E-state index is 0.171. The summed E-state index contributed by atoms with van der Waals surface area (Å²) in [7, 11) is 1.32. The van der Waals surface area contributed by atoms with Crippen LogP contribution in [0.4, 0.5) is 0 Å². The smallest absolute Gasteiger partial charge is 0.305 e. The lowest BCUT2D eigenvalue weighted by Crippen LogP contribution is -2.05. The normalized spacial score (nSPS) is 12.2. The molecule has 0 aliphatic heterocycles. The Labute approximate surface area is 107 Å². The van der Waals surface area contributed by atoms with Gasteiger partial charge in [-0.15, -0.1) is 0 Å². The van der Waals surface area contributed by atoms with Gasteiger partial charge in [0.15, 0.2) is 0 Å². The number of hydrogen-bond acceptors (Lipinski definition) is 3. The summed E-state index contributed by atoms with van der Waals surface area (Å²) in [6.45, 7) is 0. The Bertz CT molecular complexity index is 381. The second kappa shape index (κ2) is 6.23. The molecular formula is C11H12BrClO3. The number of carbonyl (C=O) groups excluding carboxylic acids is 1. The Morgan fingerprint density at radius 2 is 2.31 bits per heavy atom. The van der Waals surface area contributed by atoms with Crippen molar-refractivity contribution in [3.63, 3.8) is 0 Å². The molecule has 3 nitrogen and oxygen atoms in total. The first-order valence-electron chi connectivity index (χ1n) is 4.74. The molecule has 0 aliphatic carbocycles. The van der Waals surface area contributed by atoms with Crippen LogP contribution >= 0.6 is 27.5 Å². The fraction of sp³-hybridized carbons (Fsp3) is 0.364. The summed E-state index contributed by atoms with van der Waals surface area (Å²) in [5, 5.41) is 10.3. The van der Waals surface area contributed by atoms with Gasteiger partial charge in [-0.2, -0.15) is 0 Å². The van der Waals surface area contributed by atoms with Crippen molar-refractivity contribution in [3.8, 4) is 0 Å². The summed E-state index contributed by atoms with van der Waals surface area (Å²) in [4.78, 5) is 10.9. The highest BCUT2D eigenvalue weighted by molar-refractivity contribution is 9.10. The van der Waals surface area contributed by atoms with E-state index in [1.165, 1.54) is 7.11 Å². The van der Waals surface area contributed by atoms with Crippen LogP contribution in [0.15, 0.2) is 22.7 Å². The molecular weight excluding hydrogens is 295 g/mol. The van der Waals surface area contributed by atoms with E-state index in [2.05, 4.69) is 20.7 Å². The maximum Gasteiger partial charge on any atom is 0.305 e. The van der Waals surface area contributed by atoms with Gasteiger partial charge in [0.1, 0.15) is 0 Å². The number of aliphatic hydroxyl groups excluding tert-OH is 1. The Hall–Kier alpha value is -0.580. The van der Waals surface area contributed by atoms with Crippen LogP contribution in [0.25, 0.3) is 0 Å². The molecule has 1 aromatic rings. The summed E-state index contributed by atoms with van der Waals surface area (Å²) >= 11 is 9.25. The van der Waals surface area contributed by atoms with Crippen LogP contribution in [0.2, 0.25) is 5.02 Å². The van der Waals surface area contributed by atoms with Crippen LogP contribution in [0.5, 0.6) is 0 Å². The van der Waals surface area contributed by atoms with Crippen LogP contribution in [0.3, 0.4) is 0 Å². The predicted octanol–water partition coefficient (Wildman–Crippen LogP) is 3.09. The fourth-order valence-electron chi connectivity index (χ4n) is 1.28. The molecule has 0 radical (unpaired) electrons. The number of esters is 1. The lowest BCUT2D eigenvalue weighted by atomic mass is 10.1. The largest absolute Gasteiger partial charge is 0.469 e. The van der Waals surface area contributed by atoms with Crippen LogP contribution in [-0.4, -0.2) is 18.2 Å². The highest BCUT2D eigenvalue weighted by Gasteiger charge is 2.13. The summed E-state index contributed by atoms with van der Waals surface area (Å²) in [6.07, 6.45) is -0.280. The van der Waals surface area contributed by atoms with E-state index in [-0.39, 0.29) is 12.4 Å². The Balaban J connectivity index is 2.65. The van der Waals surface area contributed by atoms with Crippen molar-refractivity contribution in [2.45, 2.75) is 18.9 Å². The molecule has 1 N–H and O–H groups in total. The van der Waals surface area contributed by atoms with E-state index < -0.39 is 6.10 Å². The molecule has 0 amide bonds. The Morgan fingerprint density at radius 3 is 2.88 bits per heavy atom. The number of carbonyl (C=O) groups is 1. The van der Waals surface area contributed by atoms with E-state index in [0.717, 1.165) is 4.47 Å². The minimum Gasteiger partial charge on any atom is -0.469 e. The number of aliphatic hydroxyl groups is 1. The molecule has 1 aromatic carbocycles. The second-order valence-corrected chi connectivity index (χ2v) is 4.62. The van der Waals surface area contributed by atoms with E-state index in [1.807, 2.05) is 0 Å². The van der Waals surface area contributed by atoms with E-state index in [0.29, 0.717) is 17.0 Å². The highest BCUT2D eigenvalue weighted by Crippen LogP contribution is 2.28. The standard InChI is InChI=1S/C11H12BrClO3/c1-16-11(15)5-4-10(14)8-3-2-7(12)6-9(8)13/h2-3,6,10,14H,4-5H2,1H3. The number of methoxy groups -OCH3 is 1. The van der Waals surface area contributed by atoms with Crippen LogP contribution < -0.4 is 0 Å². The molecule has 0 fully saturated rings. The predicted molar refractivity (Wildman–Crippen MR) is 65.4 cm³/mol. The lowest BCUT2D eigenvalue weighted by Gasteiger charge is -2.12. The maximum atomic E-state index is 10.9. The molecule has 0 spiro atoms. The van der Waals surface area contributed by atoms with Gasteiger partial charge >= 0.3 is 5.97 Å². The van der Waals surface area contributed by atoms with Gasteiger partial charge in [0.2, 0.25) is 0 Å². The van der Waals surface area contributed by atoms with Crippen molar-refractivity contribution in [2.75, 3.05) is 7.11 Å². The first kappa shape index (κ1) is 13.5. The van der Waals surface area contributed by atoms with Crippen molar-refractivity contribution in [2.24, 2.45) is 0 Å².